The van der Waals surface area contributed by atoms with E-state index in [2.05, 4.69) is 15.3 Å². The third-order valence-corrected chi connectivity index (χ3v) is 7.03. The summed E-state index contributed by atoms with van der Waals surface area (Å²) >= 11 is 7.25. The number of benzene rings is 2. The van der Waals surface area contributed by atoms with E-state index in [1.165, 1.54) is 32.9 Å². The maximum absolute atomic E-state index is 13.1. The number of halogens is 1. The van der Waals surface area contributed by atoms with E-state index in [9.17, 15) is 14.4 Å². The largest absolute Gasteiger partial charge is 0.493 e. The number of nitrogens with one attached hydrogen (secondary N) is 1. The fourth-order valence-corrected chi connectivity index (χ4v) is 4.70. The summed E-state index contributed by atoms with van der Waals surface area (Å²) in [6, 6.07) is 12.4. The zero-order chi connectivity index (χ0) is 26.7. The second kappa shape index (κ2) is 11.1. The predicted molar refractivity (Wildman–Crippen MR) is 143 cm³/mol. The summed E-state index contributed by atoms with van der Waals surface area (Å²) < 4.78 is 13.0. The average molecular weight is 542 g/mol. The Labute approximate surface area is 221 Å². The SMILES string of the molecule is COc1ccc(-c2nc(SCC(=O)NCc3ccccc3Cl)c3c(=O)n(C)c(=O)n(C)c3n2)cc1OC. The van der Waals surface area contributed by atoms with E-state index >= 15 is 0 Å². The number of hydrogen-bond donors (Lipinski definition) is 1. The van der Waals surface area contributed by atoms with Gasteiger partial charge in [0, 0.05) is 31.2 Å². The summed E-state index contributed by atoms with van der Waals surface area (Å²) in [5.74, 6) is 0.961. The Morgan fingerprint density at radius 3 is 2.46 bits per heavy atom. The fraction of sp³-hybridized carbons (Fsp3) is 0.240. The Kier molecular flexibility index (Phi) is 7.84. The number of carbonyl (C=O) groups is 1. The molecular weight excluding hydrogens is 518 g/mol. The van der Waals surface area contributed by atoms with Crippen LogP contribution in [0.5, 0.6) is 11.5 Å². The molecule has 1 N–H and O–H groups in total. The van der Waals surface area contributed by atoms with Gasteiger partial charge in [-0.05, 0) is 29.8 Å². The standard InChI is InChI=1S/C25H24ClN5O5S/c1-30-22-20(24(33)31(2)25(30)34)23(37-13-19(32)27-12-15-7-5-6-8-16(15)26)29-21(28-22)14-9-10-17(35-3)18(11-14)36-4/h5-11H,12-13H2,1-4H3,(H,27,32). The highest BCUT2D eigenvalue weighted by atomic mass is 35.5. The normalized spacial score (nSPS) is 10.9. The molecule has 12 heteroatoms. The Morgan fingerprint density at radius 2 is 1.76 bits per heavy atom. The third kappa shape index (κ3) is 5.32. The van der Waals surface area contributed by atoms with Gasteiger partial charge in [-0.25, -0.2) is 14.8 Å². The van der Waals surface area contributed by atoms with E-state index in [-0.39, 0.29) is 40.1 Å². The van der Waals surface area contributed by atoms with Crippen molar-refractivity contribution in [1.29, 1.82) is 0 Å². The Hall–Kier alpha value is -3.83. The highest BCUT2D eigenvalue weighted by molar-refractivity contribution is 8.00. The molecule has 4 rings (SSSR count). The molecule has 0 spiro atoms. The van der Waals surface area contributed by atoms with Crippen molar-refractivity contribution in [2.24, 2.45) is 14.1 Å². The highest BCUT2D eigenvalue weighted by Crippen LogP contribution is 2.32. The van der Waals surface area contributed by atoms with Crippen LogP contribution in [0, 0.1) is 0 Å². The average Bonchev–Trinajstić information content (AvgIpc) is 2.92. The first kappa shape index (κ1) is 26.2. The summed E-state index contributed by atoms with van der Waals surface area (Å²) in [5.41, 5.74) is 0.456. The molecule has 1 amide bonds. The van der Waals surface area contributed by atoms with Gasteiger partial charge in [-0.3, -0.25) is 18.7 Å². The number of aromatic nitrogens is 4. The van der Waals surface area contributed by atoms with Gasteiger partial charge >= 0.3 is 5.69 Å². The molecule has 37 heavy (non-hydrogen) atoms. The number of fused-ring (bicyclic) bond motifs is 1. The lowest BCUT2D eigenvalue weighted by atomic mass is 10.2. The molecule has 2 aromatic heterocycles. The van der Waals surface area contributed by atoms with Crippen molar-refractivity contribution < 1.29 is 14.3 Å². The highest BCUT2D eigenvalue weighted by Gasteiger charge is 2.20. The zero-order valence-electron chi connectivity index (χ0n) is 20.6. The van der Waals surface area contributed by atoms with Crippen LogP contribution < -0.4 is 26.0 Å². The van der Waals surface area contributed by atoms with Crippen molar-refractivity contribution in [3.63, 3.8) is 0 Å². The van der Waals surface area contributed by atoms with Crippen LogP contribution in [0.15, 0.2) is 57.1 Å². The number of hydrogen-bond acceptors (Lipinski definition) is 8. The Balaban J connectivity index is 1.73. The maximum Gasteiger partial charge on any atom is 0.332 e. The number of aryl methyl sites for hydroxylation is 1. The van der Waals surface area contributed by atoms with Crippen molar-refractivity contribution in [2.75, 3.05) is 20.0 Å². The molecule has 0 atom stereocenters. The molecule has 2 heterocycles. The number of amides is 1. The number of carbonyl (C=O) groups excluding carboxylic acids is 1. The van der Waals surface area contributed by atoms with E-state index in [4.69, 9.17) is 21.1 Å². The zero-order valence-corrected chi connectivity index (χ0v) is 22.1. The minimum Gasteiger partial charge on any atom is -0.493 e. The summed E-state index contributed by atoms with van der Waals surface area (Å²) in [4.78, 5) is 47.4. The lowest BCUT2D eigenvalue weighted by Crippen LogP contribution is -2.37. The van der Waals surface area contributed by atoms with Crippen LogP contribution >= 0.6 is 23.4 Å². The van der Waals surface area contributed by atoms with Gasteiger partial charge in [0.15, 0.2) is 23.0 Å². The second-order valence-corrected chi connectivity index (χ2v) is 9.35. The summed E-state index contributed by atoms with van der Waals surface area (Å²) in [6.45, 7) is 0.261. The monoisotopic (exact) mass is 541 g/mol. The lowest BCUT2D eigenvalue weighted by molar-refractivity contribution is -0.118. The van der Waals surface area contributed by atoms with Gasteiger partial charge in [0.2, 0.25) is 5.91 Å². The molecule has 0 aliphatic rings. The van der Waals surface area contributed by atoms with Crippen LogP contribution in [0.2, 0.25) is 5.02 Å². The van der Waals surface area contributed by atoms with E-state index in [0.29, 0.717) is 22.1 Å². The first-order chi connectivity index (χ1) is 17.7. The van der Waals surface area contributed by atoms with Crippen LogP contribution in [0.3, 0.4) is 0 Å². The van der Waals surface area contributed by atoms with Crippen molar-refractivity contribution in [2.45, 2.75) is 11.6 Å². The van der Waals surface area contributed by atoms with Gasteiger partial charge in [-0.1, -0.05) is 41.6 Å². The first-order valence-electron chi connectivity index (χ1n) is 11.1. The molecule has 2 aromatic carbocycles. The number of nitrogens with zero attached hydrogens (tertiary/aromatic N) is 4. The predicted octanol–water partition coefficient (Wildman–Crippen LogP) is 2.77. The molecule has 192 valence electrons. The molecule has 0 fully saturated rings. The van der Waals surface area contributed by atoms with Crippen molar-refractivity contribution in [3.05, 3.63) is 73.9 Å². The van der Waals surface area contributed by atoms with Crippen LogP contribution in [0.25, 0.3) is 22.4 Å². The number of thioether (sulfide) groups is 1. The molecule has 0 aliphatic carbocycles. The maximum atomic E-state index is 13.1. The van der Waals surface area contributed by atoms with Crippen molar-refractivity contribution >= 4 is 40.3 Å². The summed E-state index contributed by atoms with van der Waals surface area (Å²) in [7, 11) is 5.96. The van der Waals surface area contributed by atoms with Crippen LogP contribution in [0.4, 0.5) is 0 Å². The fourth-order valence-electron chi connectivity index (χ4n) is 3.66. The van der Waals surface area contributed by atoms with Gasteiger partial charge < -0.3 is 14.8 Å². The van der Waals surface area contributed by atoms with Crippen molar-refractivity contribution in [1.82, 2.24) is 24.4 Å². The van der Waals surface area contributed by atoms with E-state index in [0.717, 1.165) is 21.9 Å². The molecule has 0 radical (unpaired) electrons. The Bertz CT molecular complexity index is 1620. The van der Waals surface area contributed by atoms with Gasteiger partial charge in [-0.2, -0.15) is 0 Å². The number of ether oxygens (including phenoxy) is 2. The van der Waals surface area contributed by atoms with Gasteiger partial charge in [-0.15, -0.1) is 0 Å². The van der Waals surface area contributed by atoms with Crippen molar-refractivity contribution in [3.8, 4) is 22.9 Å². The third-order valence-electron chi connectivity index (χ3n) is 5.68. The molecular formula is C25H24ClN5O5S. The van der Waals surface area contributed by atoms with Crippen LogP contribution in [-0.2, 0) is 25.4 Å². The second-order valence-electron chi connectivity index (χ2n) is 7.98. The molecule has 0 bridgehead atoms. The topological polar surface area (TPSA) is 117 Å². The van der Waals surface area contributed by atoms with E-state index < -0.39 is 11.2 Å². The summed E-state index contributed by atoms with van der Waals surface area (Å²) in [5, 5.41) is 3.81. The molecule has 0 saturated carbocycles. The lowest BCUT2D eigenvalue weighted by Gasteiger charge is -2.13. The van der Waals surface area contributed by atoms with E-state index in [1.807, 2.05) is 18.2 Å². The minimum atomic E-state index is -0.545. The minimum absolute atomic E-state index is 0.0199. The van der Waals surface area contributed by atoms with E-state index in [1.54, 1.807) is 24.3 Å². The first-order valence-corrected chi connectivity index (χ1v) is 12.4. The summed E-state index contributed by atoms with van der Waals surface area (Å²) in [6.07, 6.45) is 0. The smallest absolute Gasteiger partial charge is 0.332 e. The number of rotatable bonds is 8. The quantitative estimate of drug-likeness (QED) is 0.267. The van der Waals surface area contributed by atoms with Gasteiger partial charge in [0.05, 0.1) is 20.0 Å². The molecule has 0 saturated heterocycles. The van der Waals surface area contributed by atoms with Gasteiger partial charge in [0.1, 0.15) is 10.4 Å². The molecule has 4 aromatic rings. The molecule has 0 aliphatic heterocycles. The Morgan fingerprint density at radius 1 is 1.03 bits per heavy atom. The number of methoxy groups -OCH3 is 2. The van der Waals surface area contributed by atoms with Gasteiger partial charge in [0.25, 0.3) is 5.56 Å². The molecule has 0 unspecified atom stereocenters. The molecule has 10 nitrogen and oxygen atoms in total. The van der Waals surface area contributed by atoms with Crippen LogP contribution in [0.1, 0.15) is 5.56 Å². The van der Waals surface area contributed by atoms with Crippen LogP contribution in [-0.4, -0.2) is 45.0 Å².